The van der Waals surface area contributed by atoms with Crippen molar-refractivity contribution in [3.05, 3.63) is 29.8 Å². The molecule has 0 saturated carbocycles. The second kappa shape index (κ2) is 10.7. The monoisotopic (exact) mass is 437 g/mol. The Labute approximate surface area is 180 Å². The number of rotatable bonds is 8. The van der Waals surface area contributed by atoms with E-state index in [0.717, 1.165) is 44.8 Å². The van der Waals surface area contributed by atoms with Gasteiger partial charge in [0.25, 0.3) is 0 Å². The molecule has 0 unspecified atom stereocenters. The Morgan fingerprint density at radius 1 is 1.03 bits per heavy atom. The number of aryl methyl sites for hydroxylation is 1. The number of nitrogens with zero attached hydrogens (tertiary/aromatic N) is 4. The van der Waals surface area contributed by atoms with Crippen LogP contribution in [0.15, 0.2) is 29.2 Å². The molecule has 2 aliphatic rings. The summed E-state index contributed by atoms with van der Waals surface area (Å²) in [7, 11) is -1.55. The van der Waals surface area contributed by atoms with Crippen molar-refractivity contribution in [3.8, 4) is 0 Å². The summed E-state index contributed by atoms with van der Waals surface area (Å²) in [5.74, 6) is 0.0288. The van der Waals surface area contributed by atoms with E-state index in [2.05, 4.69) is 22.2 Å². The second-order valence-corrected chi connectivity index (χ2v) is 10.1. The minimum absolute atomic E-state index is 0.0288. The summed E-state index contributed by atoms with van der Waals surface area (Å²) in [6.45, 7) is 9.93. The van der Waals surface area contributed by atoms with Gasteiger partial charge in [-0.05, 0) is 25.6 Å². The maximum atomic E-state index is 13.4. The first-order chi connectivity index (χ1) is 14.4. The van der Waals surface area contributed by atoms with Crippen LogP contribution in [0.3, 0.4) is 0 Å². The van der Waals surface area contributed by atoms with Gasteiger partial charge in [0.15, 0.2) is 0 Å². The summed E-state index contributed by atoms with van der Waals surface area (Å²) >= 11 is 0. The molecule has 0 radical (unpaired) electrons. The number of amides is 1. The first-order valence-corrected chi connectivity index (χ1v) is 12.3. The number of sulfonamides is 1. The lowest BCUT2D eigenvalue weighted by Crippen LogP contribution is -2.49. The Hall–Kier alpha value is -1.52. The van der Waals surface area contributed by atoms with Crippen LogP contribution in [-0.4, -0.2) is 112 Å². The zero-order chi connectivity index (χ0) is 21.6. The molecule has 2 fully saturated rings. The van der Waals surface area contributed by atoms with E-state index in [1.807, 2.05) is 24.0 Å². The van der Waals surface area contributed by atoms with Crippen molar-refractivity contribution in [1.29, 1.82) is 0 Å². The Morgan fingerprint density at radius 2 is 1.70 bits per heavy atom. The van der Waals surface area contributed by atoms with Gasteiger partial charge in [0.05, 0.1) is 4.90 Å². The highest BCUT2D eigenvalue weighted by Crippen LogP contribution is 2.20. The molecule has 30 heavy (non-hydrogen) atoms. The smallest absolute Gasteiger partial charge is 0.243 e. The lowest BCUT2D eigenvalue weighted by atomic mass is 10.2. The third kappa shape index (κ3) is 6.01. The minimum Gasteiger partial charge on any atom is -0.340 e. The van der Waals surface area contributed by atoms with E-state index < -0.39 is 10.0 Å². The lowest BCUT2D eigenvalue weighted by molar-refractivity contribution is -0.131. The van der Waals surface area contributed by atoms with Crippen molar-refractivity contribution in [2.45, 2.75) is 18.2 Å². The molecule has 1 N–H and O–H groups in total. The number of benzene rings is 1. The molecule has 0 aliphatic carbocycles. The molecule has 0 spiro atoms. The predicted octanol–water partition coefficient (Wildman–Crippen LogP) is 0.0550. The van der Waals surface area contributed by atoms with Crippen LogP contribution in [0.4, 0.5) is 0 Å². The van der Waals surface area contributed by atoms with Gasteiger partial charge in [-0.2, -0.15) is 4.31 Å². The van der Waals surface area contributed by atoms with Crippen molar-refractivity contribution in [1.82, 2.24) is 24.3 Å². The molecule has 1 amide bonds. The highest BCUT2D eigenvalue weighted by atomic mass is 32.2. The van der Waals surface area contributed by atoms with Gasteiger partial charge >= 0.3 is 0 Å². The second-order valence-electron chi connectivity index (χ2n) is 8.20. The summed E-state index contributed by atoms with van der Waals surface area (Å²) in [5, 5.41) is 3.24. The summed E-state index contributed by atoms with van der Waals surface area (Å²) in [6.07, 6.45) is 0.216. The molecular formula is C21H35N5O3S. The summed E-state index contributed by atoms with van der Waals surface area (Å²) < 4.78 is 28.4. The Morgan fingerprint density at radius 3 is 2.37 bits per heavy atom. The van der Waals surface area contributed by atoms with Crippen LogP contribution < -0.4 is 5.32 Å². The summed E-state index contributed by atoms with van der Waals surface area (Å²) in [5.41, 5.74) is 0.732. The Bertz CT molecular complexity index is 803. The quantitative estimate of drug-likeness (QED) is 0.620. The number of nitrogens with one attached hydrogen (secondary N) is 1. The Kier molecular flexibility index (Phi) is 8.24. The summed E-state index contributed by atoms with van der Waals surface area (Å²) in [6, 6.07) is 7.07. The van der Waals surface area contributed by atoms with E-state index in [1.54, 1.807) is 12.1 Å². The molecular weight excluding hydrogens is 402 g/mol. The number of hydrogen-bond donors (Lipinski definition) is 1. The SMILES string of the molecule is Cc1ccccc1S(=O)(=O)N(CCC(=O)N1CCNCC1)CCN1CCN(C)CC1. The van der Waals surface area contributed by atoms with Gasteiger partial charge in [-0.15, -0.1) is 0 Å². The maximum absolute atomic E-state index is 13.4. The first kappa shape index (κ1) is 23.1. The van der Waals surface area contributed by atoms with Crippen LogP contribution in [0.5, 0.6) is 0 Å². The molecule has 0 aromatic heterocycles. The molecule has 0 bridgehead atoms. The number of carbonyl (C=O) groups excluding carboxylic acids is 1. The molecule has 1 aromatic rings. The lowest BCUT2D eigenvalue weighted by Gasteiger charge is -2.34. The molecule has 8 nitrogen and oxygen atoms in total. The van der Waals surface area contributed by atoms with Gasteiger partial charge in [0.1, 0.15) is 0 Å². The molecule has 168 valence electrons. The molecule has 3 rings (SSSR count). The van der Waals surface area contributed by atoms with Crippen LogP contribution in [0.25, 0.3) is 0 Å². The van der Waals surface area contributed by atoms with Crippen LogP contribution in [0.2, 0.25) is 0 Å². The fraction of sp³-hybridized carbons (Fsp3) is 0.667. The molecule has 2 heterocycles. The fourth-order valence-electron chi connectivity index (χ4n) is 3.95. The predicted molar refractivity (Wildman–Crippen MR) is 118 cm³/mol. The molecule has 1 aromatic carbocycles. The number of piperazine rings is 2. The van der Waals surface area contributed by atoms with Crippen molar-refractivity contribution >= 4 is 15.9 Å². The maximum Gasteiger partial charge on any atom is 0.243 e. The fourth-order valence-corrected chi connectivity index (χ4v) is 5.61. The number of hydrogen-bond acceptors (Lipinski definition) is 6. The van der Waals surface area contributed by atoms with E-state index in [1.165, 1.54) is 4.31 Å². The topological polar surface area (TPSA) is 76.2 Å². The van der Waals surface area contributed by atoms with Gasteiger partial charge in [-0.3, -0.25) is 9.69 Å². The van der Waals surface area contributed by atoms with E-state index in [-0.39, 0.29) is 18.9 Å². The van der Waals surface area contributed by atoms with Crippen LogP contribution in [0.1, 0.15) is 12.0 Å². The third-order valence-corrected chi connectivity index (χ3v) is 8.08. The molecule has 2 aliphatic heterocycles. The standard InChI is InChI=1S/C21H35N5O3S/c1-19-5-3-4-6-20(19)30(28,29)26(18-17-24-15-13-23(2)14-16-24)10-7-21(27)25-11-8-22-9-12-25/h3-6,22H,7-18H2,1-2H3. The van der Waals surface area contributed by atoms with Crippen LogP contribution in [0, 0.1) is 6.92 Å². The van der Waals surface area contributed by atoms with Crippen LogP contribution >= 0.6 is 0 Å². The van der Waals surface area contributed by atoms with Gasteiger partial charge in [-0.1, -0.05) is 18.2 Å². The van der Waals surface area contributed by atoms with E-state index in [9.17, 15) is 13.2 Å². The normalized spacial score (nSPS) is 19.4. The Balaban J connectivity index is 1.69. The molecule has 2 saturated heterocycles. The van der Waals surface area contributed by atoms with E-state index in [4.69, 9.17) is 0 Å². The van der Waals surface area contributed by atoms with E-state index >= 15 is 0 Å². The molecule has 0 atom stereocenters. The van der Waals surface area contributed by atoms with Gasteiger partial charge in [-0.25, -0.2) is 8.42 Å². The number of likely N-dealkylation sites (N-methyl/N-ethyl adjacent to an activating group) is 1. The first-order valence-electron chi connectivity index (χ1n) is 10.8. The highest BCUT2D eigenvalue weighted by Gasteiger charge is 2.28. The number of carbonyl (C=O) groups is 1. The largest absolute Gasteiger partial charge is 0.340 e. The average Bonchev–Trinajstić information content (AvgIpc) is 2.75. The van der Waals surface area contributed by atoms with Crippen molar-refractivity contribution in [3.63, 3.8) is 0 Å². The van der Waals surface area contributed by atoms with E-state index in [0.29, 0.717) is 31.1 Å². The van der Waals surface area contributed by atoms with Crippen molar-refractivity contribution < 1.29 is 13.2 Å². The third-order valence-electron chi connectivity index (χ3n) is 6.02. The zero-order valence-corrected chi connectivity index (χ0v) is 19.0. The molecule has 9 heteroatoms. The van der Waals surface area contributed by atoms with Gasteiger partial charge < -0.3 is 15.1 Å². The average molecular weight is 438 g/mol. The van der Waals surface area contributed by atoms with Crippen molar-refractivity contribution in [2.75, 3.05) is 79.0 Å². The minimum atomic E-state index is -3.66. The van der Waals surface area contributed by atoms with Crippen molar-refractivity contribution in [2.24, 2.45) is 0 Å². The highest BCUT2D eigenvalue weighted by molar-refractivity contribution is 7.89. The van der Waals surface area contributed by atoms with Gasteiger partial charge in [0.2, 0.25) is 15.9 Å². The zero-order valence-electron chi connectivity index (χ0n) is 18.2. The summed E-state index contributed by atoms with van der Waals surface area (Å²) in [4.78, 5) is 19.4. The van der Waals surface area contributed by atoms with Crippen LogP contribution in [-0.2, 0) is 14.8 Å². The van der Waals surface area contributed by atoms with Gasteiger partial charge in [0, 0.05) is 78.4 Å².